The van der Waals surface area contributed by atoms with Gasteiger partial charge in [0.15, 0.2) is 5.96 Å². The second-order valence-electron chi connectivity index (χ2n) is 8.36. The number of carbonyl (C=O) groups excluding carboxylic acids is 1. The van der Waals surface area contributed by atoms with Gasteiger partial charge in [-0.1, -0.05) is 25.3 Å². The maximum atomic E-state index is 12.6. The Labute approximate surface area is 168 Å². The molecule has 0 radical (unpaired) electrons. The zero-order chi connectivity index (χ0) is 20.4. The number of aliphatic imine (C=N–C) groups is 1. The highest BCUT2D eigenvalue weighted by molar-refractivity contribution is 5.78. The van der Waals surface area contributed by atoms with E-state index in [1.165, 1.54) is 19.3 Å². The Morgan fingerprint density at radius 2 is 2.11 bits per heavy atom. The van der Waals surface area contributed by atoms with E-state index in [0.29, 0.717) is 38.1 Å². The lowest BCUT2D eigenvalue weighted by molar-refractivity contribution is 0.0232. The van der Waals surface area contributed by atoms with E-state index in [4.69, 9.17) is 10.5 Å². The third kappa shape index (κ3) is 8.59. The molecule has 1 saturated carbocycles. The SMILES string of the molecule is CC(C)(C)OC(=O)N(CCCN=C(N)NC1CCCCC1)Cc1cccnc1. The first kappa shape index (κ1) is 22.0. The Bertz CT molecular complexity index is 621. The molecule has 0 aromatic carbocycles. The summed E-state index contributed by atoms with van der Waals surface area (Å²) < 4.78 is 5.54. The maximum absolute atomic E-state index is 12.6. The summed E-state index contributed by atoms with van der Waals surface area (Å²) in [6.07, 6.45) is 10.0. The van der Waals surface area contributed by atoms with E-state index in [1.54, 1.807) is 17.3 Å². The zero-order valence-corrected chi connectivity index (χ0v) is 17.5. The van der Waals surface area contributed by atoms with Crippen molar-refractivity contribution in [1.82, 2.24) is 15.2 Å². The van der Waals surface area contributed by atoms with Gasteiger partial charge in [-0.3, -0.25) is 9.98 Å². The zero-order valence-electron chi connectivity index (χ0n) is 17.5. The Balaban J connectivity index is 1.84. The van der Waals surface area contributed by atoms with Crippen LogP contribution in [0.2, 0.25) is 0 Å². The number of nitrogens with zero attached hydrogens (tertiary/aromatic N) is 3. The number of rotatable bonds is 7. The summed E-state index contributed by atoms with van der Waals surface area (Å²) in [6.45, 7) is 7.18. The summed E-state index contributed by atoms with van der Waals surface area (Å²) in [6, 6.07) is 4.26. The fourth-order valence-electron chi connectivity index (χ4n) is 3.24. The van der Waals surface area contributed by atoms with Gasteiger partial charge in [0.1, 0.15) is 5.60 Å². The van der Waals surface area contributed by atoms with Gasteiger partial charge >= 0.3 is 6.09 Å². The predicted molar refractivity (Wildman–Crippen MR) is 112 cm³/mol. The normalized spacial score (nSPS) is 15.9. The van der Waals surface area contributed by atoms with E-state index in [2.05, 4.69) is 15.3 Å². The smallest absolute Gasteiger partial charge is 0.410 e. The van der Waals surface area contributed by atoms with Gasteiger partial charge in [0.2, 0.25) is 0 Å². The van der Waals surface area contributed by atoms with E-state index in [1.807, 2.05) is 32.9 Å². The van der Waals surface area contributed by atoms with Gasteiger partial charge in [-0.25, -0.2) is 4.79 Å². The molecule has 0 aliphatic heterocycles. The van der Waals surface area contributed by atoms with Gasteiger partial charge < -0.3 is 20.7 Å². The molecule has 28 heavy (non-hydrogen) atoms. The number of ether oxygens (including phenoxy) is 1. The largest absolute Gasteiger partial charge is 0.444 e. The molecule has 1 fully saturated rings. The minimum atomic E-state index is -0.531. The topological polar surface area (TPSA) is 92.8 Å². The van der Waals surface area contributed by atoms with Crippen LogP contribution in [-0.2, 0) is 11.3 Å². The lowest BCUT2D eigenvalue weighted by Crippen LogP contribution is -2.41. The van der Waals surface area contributed by atoms with Crippen molar-refractivity contribution in [3.63, 3.8) is 0 Å². The van der Waals surface area contributed by atoms with Crippen LogP contribution in [0.1, 0.15) is 64.9 Å². The van der Waals surface area contributed by atoms with Crippen molar-refractivity contribution in [2.45, 2.75) is 77.5 Å². The van der Waals surface area contributed by atoms with Gasteiger partial charge in [-0.2, -0.15) is 0 Å². The second-order valence-corrected chi connectivity index (χ2v) is 8.36. The van der Waals surface area contributed by atoms with Crippen LogP contribution in [-0.4, -0.2) is 46.7 Å². The van der Waals surface area contributed by atoms with Crippen molar-refractivity contribution < 1.29 is 9.53 Å². The van der Waals surface area contributed by atoms with Crippen LogP contribution in [0.5, 0.6) is 0 Å². The van der Waals surface area contributed by atoms with Gasteiger partial charge in [0, 0.05) is 31.5 Å². The summed E-state index contributed by atoms with van der Waals surface area (Å²) in [5.74, 6) is 0.503. The number of hydrogen-bond acceptors (Lipinski definition) is 4. The van der Waals surface area contributed by atoms with Crippen molar-refractivity contribution in [2.75, 3.05) is 13.1 Å². The molecule has 7 nitrogen and oxygen atoms in total. The number of aromatic nitrogens is 1. The maximum Gasteiger partial charge on any atom is 0.410 e. The van der Waals surface area contributed by atoms with E-state index >= 15 is 0 Å². The summed E-state index contributed by atoms with van der Waals surface area (Å²) in [4.78, 5) is 22.8. The van der Waals surface area contributed by atoms with Crippen molar-refractivity contribution in [3.05, 3.63) is 30.1 Å². The summed E-state index contributed by atoms with van der Waals surface area (Å²) in [5, 5.41) is 3.31. The summed E-state index contributed by atoms with van der Waals surface area (Å²) >= 11 is 0. The molecule has 0 unspecified atom stereocenters. The van der Waals surface area contributed by atoms with Crippen LogP contribution >= 0.6 is 0 Å². The van der Waals surface area contributed by atoms with Gasteiger partial charge in [0.05, 0.1) is 6.54 Å². The molecule has 2 rings (SSSR count). The molecule has 0 spiro atoms. The van der Waals surface area contributed by atoms with Crippen LogP contribution in [0, 0.1) is 0 Å². The molecule has 3 N–H and O–H groups in total. The fraction of sp³-hybridized carbons (Fsp3) is 0.667. The quantitative estimate of drug-likeness (QED) is 0.423. The molecule has 156 valence electrons. The number of nitrogens with one attached hydrogen (secondary N) is 1. The minimum absolute atomic E-state index is 0.325. The molecule has 0 bridgehead atoms. The third-order valence-electron chi connectivity index (χ3n) is 4.57. The number of pyridine rings is 1. The molecule has 1 aromatic rings. The first-order chi connectivity index (χ1) is 13.3. The van der Waals surface area contributed by atoms with Crippen LogP contribution in [0.25, 0.3) is 0 Å². The van der Waals surface area contributed by atoms with Gasteiger partial charge in [-0.15, -0.1) is 0 Å². The standard InChI is InChI=1S/C21H35N5O2/c1-21(2,3)28-20(27)26(16-17-9-7-12-23-15-17)14-8-13-24-19(22)25-18-10-5-4-6-11-18/h7,9,12,15,18H,4-6,8,10-11,13-14,16H2,1-3H3,(H3,22,24,25). The lowest BCUT2D eigenvalue weighted by atomic mass is 9.96. The van der Waals surface area contributed by atoms with Crippen LogP contribution in [0.3, 0.4) is 0 Å². The highest BCUT2D eigenvalue weighted by Crippen LogP contribution is 2.17. The van der Waals surface area contributed by atoms with E-state index in [9.17, 15) is 4.79 Å². The van der Waals surface area contributed by atoms with Crippen molar-refractivity contribution in [2.24, 2.45) is 10.7 Å². The number of carbonyl (C=O) groups is 1. The minimum Gasteiger partial charge on any atom is -0.444 e. The molecule has 1 heterocycles. The number of nitrogens with two attached hydrogens (primary N) is 1. The molecule has 1 amide bonds. The van der Waals surface area contributed by atoms with Crippen molar-refractivity contribution >= 4 is 12.1 Å². The van der Waals surface area contributed by atoms with Crippen LogP contribution in [0.4, 0.5) is 4.79 Å². The Morgan fingerprint density at radius 3 is 2.75 bits per heavy atom. The van der Waals surface area contributed by atoms with Crippen LogP contribution in [0.15, 0.2) is 29.5 Å². The first-order valence-electron chi connectivity index (χ1n) is 10.3. The highest BCUT2D eigenvalue weighted by atomic mass is 16.6. The van der Waals surface area contributed by atoms with E-state index < -0.39 is 5.60 Å². The van der Waals surface area contributed by atoms with E-state index in [0.717, 1.165) is 18.4 Å². The monoisotopic (exact) mass is 389 g/mol. The second kappa shape index (κ2) is 10.9. The average Bonchev–Trinajstić information content (AvgIpc) is 2.64. The molecule has 1 aromatic heterocycles. The molecule has 7 heteroatoms. The van der Waals surface area contributed by atoms with Gasteiger partial charge in [-0.05, 0) is 51.7 Å². The summed E-state index contributed by atoms with van der Waals surface area (Å²) in [5.41, 5.74) is 6.45. The fourth-order valence-corrected chi connectivity index (χ4v) is 3.24. The molecule has 1 aliphatic rings. The summed E-state index contributed by atoms with van der Waals surface area (Å²) in [7, 11) is 0. The molecule has 1 aliphatic carbocycles. The van der Waals surface area contributed by atoms with Gasteiger partial charge in [0.25, 0.3) is 0 Å². The molecular formula is C21H35N5O2. The number of hydrogen-bond donors (Lipinski definition) is 2. The van der Waals surface area contributed by atoms with E-state index in [-0.39, 0.29) is 6.09 Å². The number of amides is 1. The Kier molecular flexibility index (Phi) is 8.54. The molecule has 0 saturated heterocycles. The van der Waals surface area contributed by atoms with Crippen molar-refractivity contribution in [3.8, 4) is 0 Å². The third-order valence-corrected chi connectivity index (χ3v) is 4.57. The lowest BCUT2D eigenvalue weighted by Gasteiger charge is -2.27. The molecule has 0 atom stereocenters. The first-order valence-corrected chi connectivity index (χ1v) is 10.3. The highest BCUT2D eigenvalue weighted by Gasteiger charge is 2.22. The average molecular weight is 390 g/mol. The number of guanidine groups is 1. The van der Waals surface area contributed by atoms with Crippen LogP contribution < -0.4 is 11.1 Å². The predicted octanol–water partition coefficient (Wildman–Crippen LogP) is 3.45. The van der Waals surface area contributed by atoms with Crippen molar-refractivity contribution in [1.29, 1.82) is 0 Å². The Hall–Kier alpha value is -2.31. The Morgan fingerprint density at radius 1 is 1.36 bits per heavy atom. The molecular weight excluding hydrogens is 354 g/mol.